The summed E-state index contributed by atoms with van der Waals surface area (Å²) in [6.45, 7) is 0. The Kier molecular flexibility index (Phi) is 4.76. The van der Waals surface area contributed by atoms with Crippen LogP contribution in [-0.2, 0) is 10.0 Å². The molecule has 0 radical (unpaired) electrons. The molecule has 1 aromatic carbocycles. The normalized spacial score (nSPS) is 23.8. The van der Waals surface area contributed by atoms with Gasteiger partial charge in [-0.15, -0.1) is 0 Å². The predicted octanol–water partition coefficient (Wildman–Crippen LogP) is 3.09. The Morgan fingerprint density at radius 3 is 2.20 bits per heavy atom. The van der Waals surface area contributed by atoms with Crippen molar-refractivity contribution in [3.05, 3.63) is 29.6 Å². The van der Waals surface area contributed by atoms with Gasteiger partial charge in [0.2, 0.25) is 10.0 Å². The summed E-state index contributed by atoms with van der Waals surface area (Å²) in [5.74, 6) is -4.02. The van der Waals surface area contributed by atoms with E-state index in [-0.39, 0.29) is 4.83 Å². The van der Waals surface area contributed by atoms with Crippen LogP contribution in [0, 0.1) is 17.5 Å². The van der Waals surface area contributed by atoms with E-state index in [0.29, 0.717) is 18.6 Å². The van der Waals surface area contributed by atoms with Gasteiger partial charge in [0.25, 0.3) is 0 Å². The van der Waals surface area contributed by atoms with Crippen LogP contribution in [0.1, 0.15) is 25.7 Å². The largest absolute Gasteiger partial charge is 0.246 e. The molecule has 1 aromatic rings. The molecule has 0 saturated heterocycles. The summed E-state index contributed by atoms with van der Waals surface area (Å²) in [7, 11) is -4.37. The zero-order chi connectivity index (χ0) is 14.9. The molecule has 1 N–H and O–H groups in total. The molecule has 0 spiro atoms. The summed E-state index contributed by atoms with van der Waals surface area (Å²) in [6, 6.07) is 0.270. The van der Waals surface area contributed by atoms with E-state index in [4.69, 9.17) is 0 Å². The number of benzene rings is 1. The van der Waals surface area contributed by atoms with Gasteiger partial charge in [-0.2, -0.15) is 0 Å². The summed E-state index contributed by atoms with van der Waals surface area (Å²) < 4.78 is 66.3. The first-order chi connectivity index (χ1) is 9.31. The van der Waals surface area contributed by atoms with Gasteiger partial charge in [0.15, 0.2) is 4.90 Å². The van der Waals surface area contributed by atoms with Gasteiger partial charge in [0.05, 0.1) is 0 Å². The molecule has 0 aliphatic heterocycles. The van der Waals surface area contributed by atoms with E-state index in [9.17, 15) is 21.6 Å². The molecule has 2 unspecified atom stereocenters. The Labute approximate surface area is 123 Å². The summed E-state index contributed by atoms with van der Waals surface area (Å²) in [6.07, 6.45) is 3.16. The fourth-order valence-electron chi connectivity index (χ4n) is 2.26. The number of rotatable bonds is 3. The Balaban J connectivity index is 2.31. The summed E-state index contributed by atoms with van der Waals surface area (Å²) >= 11 is 3.35. The summed E-state index contributed by atoms with van der Waals surface area (Å²) in [4.78, 5) is -1.22. The van der Waals surface area contributed by atoms with Gasteiger partial charge in [-0.3, -0.25) is 0 Å². The highest BCUT2D eigenvalue weighted by molar-refractivity contribution is 9.09. The van der Waals surface area contributed by atoms with Gasteiger partial charge in [0, 0.05) is 23.0 Å². The lowest BCUT2D eigenvalue weighted by Crippen LogP contribution is -2.43. The van der Waals surface area contributed by atoms with E-state index >= 15 is 0 Å². The number of hydrogen-bond donors (Lipinski definition) is 1. The van der Waals surface area contributed by atoms with Crippen LogP contribution in [-0.4, -0.2) is 19.3 Å². The molecule has 1 saturated carbocycles. The molecule has 2 atom stereocenters. The van der Waals surface area contributed by atoms with Crippen LogP contribution in [0.25, 0.3) is 0 Å². The molecular formula is C12H13BrF3NO2S. The molecule has 0 aromatic heterocycles. The monoisotopic (exact) mass is 371 g/mol. The maximum absolute atomic E-state index is 13.5. The molecule has 0 bridgehead atoms. The van der Waals surface area contributed by atoms with Crippen molar-refractivity contribution in [2.24, 2.45) is 0 Å². The van der Waals surface area contributed by atoms with Crippen molar-refractivity contribution in [3.63, 3.8) is 0 Å². The minimum Gasteiger partial charge on any atom is -0.207 e. The van der Waals surface area contributed by atoms with Crippen molar-refractivity contribution in [1.29, 1.82) is 0 Å². The van der Waals surface area contributed by atoms with Gasteiger partial charge in [-0.1, -0.05) is 28.8 Å². The van der Waals surface area contributed by atoms with Crippen molar-refractivity contribution in [3.8, 4) is 0 Å². The third-order valence-corrected chi connectivity index (χ3v) is 5.86. The Bertz CT molecular complexity index is 586. The molecule has 1 aliphatic rings. The molecule has 1 aliphatic carbocycles. The maximum Gasteiger partial charge on any atom is 0.246 e. The Morgan fingerprint density at radius 2 is 1.65 bits per heavy atom. The van der Waals surface area contributed by atoms with Gasteiger partial charge < -0.3 is 0 Å². The smallest absolute Gasteiger partial charge is 0.207 e. The zero-order valence-corrected chi connectivity index (χ0v) is 12.8. The second-order valence-corrected chi connectivity index (χ2v) is 7.55. The minimum absolute atomic E-state index is 0.0856. The van der Waals surface area contributed by atoms with Crippen LogP contribution in [0.15, 0.2) is 17.0 Å². The maximum atomic E-state index is 13.5. The quantitative estimate of drug-likeness (QED) is 0.829. The van der Waals surface area contributed by atoms with Crippen LogP contribution < -0.4 is 4.72 Å². The number of hydrogen-bond acceptors (Lipinski definition) is 2. The third-order valence-electron chi connectivity index (χ3n) is 3.22. The molecular weight excluding hydrogens is 359 g/mol. The second-order valence-electron chi connectivity index (χ2n) is 4.73. The van der Waals surface area contributed by atoms with E-state index in [1.54, 1.807) is 0 Å². The second kappa shape index (κ2) is 6.03. The van der Waals surface area contributed by atoms with E-state index < -0.39 is 38.4 Å². The first kappa shape index (κ1) is 15.8. The fourth-order valence-corrected chi connectivity index (χ4v) is 4.59. The Morgan fingerprint density at radius 1 is 1.10 bits per heavy atom. The van der Waals surface area contributed by atoms with Crippen LogP contribution >= 0.6 is 15.9 Å². The van der Waals surface area contributed by atoms with Crippen LogP contribution in [0.3, 0.4) is 0 Å². The van der Waals surface area contributed by atoms with Crippen molar-refractivity contribution in [1.82, 2.24) is 4.72 Å². The Hall–Kier alpha value is -0.600. The van der Waals surface area contributed by atoms with Gasteiger partial charge in [-0.05, 0) is 12.8 Å². The lowest BCUT2D eigenvalue weighted by molar-refractivity contribution is 0.423. The number of nitrogens with one attached hydrogen (secondary N) is 1. The lowest BCUT2D eigenvalue weighted by Gasteiger charge is -2.28. The van der Waals surface area contributed by atoms with Gasteiger partial charge in [-0.25, -0.2) is 26.3 Å². The standard InChI is InChI=1S/C12H13BrF3NO2S/c13-8-3-1-2-4-11(8)17-20(18,19)12-9(15)5-7(14)6-10(12)16/h5-6,8,11,17H,1-4H2. The molecule has 1 fully saturated rings. The predicted molar refractivity (Wildman–Crippen MR) is 71.6 cm³/mol. The molecule has 0 heterocycles. The fraction of sp³-hybridized carbons (Fsp3) is 0.500. The lowest BCUT2D eigenvalue weighted by atomic mass is 9.96. The number of alkyl halides is 1. The molecule has 2 rings (SSSR count). The third kappa shape index (κ3) is 3.35. The average Bonchev–Trinajstić information content (AvgIpc) is 2.30. The highest BCUT2D eigenvalue weighted by Gasteiger charge is 2.31. The van der Waals surface area contributed by atoms with Crippen LogP contribution in [0.2, 0.25) is 0 Å². The van der Waals surface area contributed by atoms with Crippen LogP contribution in [0.4, 0.5) is 13.2 Å². The molecule has 20 heavy (non-hydrogen) atoms. The molecule has 8 heteroatoms. The number of sulfonamides is 1. The van der Waals surface area contributed by atoms with E-state index in [1.807, 2.05) is 0 Å². The topological polar surface area (TPSA) is 46.2 Å². The van der Waals surface area contributed by atoms with Crippen LogP contribution in [0.5, 0.6) is 0 Å². The highest BCUT2D eigenvalue weighted by Crippen LogP contribution is 2.27. The first-order valence-corrected chi connectivity index (χ1v) is 8.52. The van der Waals surface area contributed by atoms with Crippen molar-refractivity contribution in [2.75, 3.05) is 0 Å². The highest BCUT2D eigenvalue weighted by atomic mass is 79.9. The first-order valence-electron chi connectivity index (χ1n) is 6.12. The van der Waals surface area contributed by atoms with E-state index in [2.05, 4.69) is 20.7 Å². The van der Waals surface area contributed by atoms with Gasteiger partial charge >= 0.3 is 0 Å². The van der Waals surface area contributed by atoms with Crippen molar-refractivity contribution in [2.45, 2.75) is 41.4 Å². The summed E-state index contributed by atoms with van der Waals surface area (Å²) in [5, 5.41) is 0. The molecule has 3 nitrogen and oxygen atoms in total. The van der Waals surface area contributed by atoms with Crippen molar-refractivity contribution >= 4 is 26.0 Å². The SMILES string of the molecule is O=S(=O)(NC1CCCCC1Br)c1c(F)cc(F)cc1F. The summed E-state index contributed by atoms with van der Waals surface area (Å²) in [5.41, 5.74) is 0. The van der Waals surface area contributed by atoms with Crippen molar-refractivity contribution < 1.29 is 21.6 Å². The molecule has 0 amide bonds. The minimum atomic E-state index is -4.37. The van der Waals surface area contributed by atoms with E-state index in [0.717, 1.165) is 19.3 Å². The number of halogens is 4. The van der Waals surface area contributed by atoms with E-state index in [1.165, 1.54) is 0 Å². The van der Waals surface area contributed by atoms with Gasteiger partial charge in [0.1, 0.15) is 17.5 Å². The average molecular weight is 372 g/mol. The molecule has 112 valence electrons. The zero-order valence-electron chi connectivity index (χ0n) is 10.4.